The fraction of sp³-hybridized carbons (Fsp3) is 0.700. The van der Waals surface area contributed by atoms with Crippen molar-refractivity contribution in [2.45, 2.75) is 38.3 Å². The molecule has 1 heterocycles. The van der Waals surface area contributed by atoms with Gasteiger partial charge in [-0.25, -0.2) is 0 Å². The maximum Gasteiger partial charge on any atom is 0.0632 e. The van der Waals surface area contributed by atoms with Gasteiger partial charge in [-0.05, 0) is 48.2 Å². The van der Waals surface area contributed by atoms with Crippen LogP contribution in [0.5, 0.6) is 0 Å². The van der Waals surface area contributed by atoms with E-state index in [1.165, 1.54) is 25.7 Å². The molecule has 1 N–H and O–H groups in total. The van der Waals surface area contributed by atoms with Gasteiger partial charge < -0.3 is 5.32 Å². The Balaban J connectivity index is 1.53. The molecule has 0 aromatic carbocycles. The SMILES string of the molecule is Brc1cnn(CCCCNC2CC2)c1. The molecular weight excluding hydrogens is 242 g/mol. The van der Waals surface area contributed by atoms with Gasteiger partial charge in [0.2, 0.25) is 0 Å². The third-order valence-corrected chi connectivity index (χ3v) is 2.84. The second kappa shape index (κ2) is 4.94. The number of hydrogen-bond acceptors (Lipinski definition) is 2. The van der Waals surface area contributed by atoms with E-state index in [0.29, 0.717) is 0 Å². The molecule has 0 spiro atoms. The highest BCUT2D eigenvalue weighted by Crippen LogP contribution is 2.18. The van der Waals surface area contributed by atoms with Gasteiger partial charge in [0.1, 0.15) is 0 Å². The second-order valence-electron chi connectivity index (χ2n) is 3.86. The van der Waals surface area contributed by atoms with Crippen LogP contribution in [0.4, 0.5) is 0 Å². The molecule has 1 aromatic heterocycles. The van der Waals surface area contributed by atoms with Crippen molar-refractivity contribution in [2.75, 3.05) is 6.54 Å². The average Bonchev–Trinajstić information content (AvgIpc) is 2.89. The van der Waals surface area contributed by atoms with Crippen LogP contribution < -0.4 is 5.32 Å². The molecule has 2 rings (SSSR count). The first kappa shape index (κ1) is 10.2. The van der Waals surface area contributed by atoms with Gasteiger partial charge in [-0.2, -0.15) is 5.10 Å². The van der Waals surface area contributed by atoms with Gasteiger partial charge in [-0.3, -0.25) is 4.68 Å². The van der Waals surface area contributed by atoms with Crippen molar-refractivity contribution in [2.24, 2.45) is 0 Å². The quantitative estimate of drug-likeness (QED) is 0.792. The van der Waals surface area contributed by atoms with Gasteiger partial charge in [0.15, 0.2) is 0 Å². The van der Waals surface area contributed by atoms with Crippen LogP contribution in [0.3, 0.4) is 0 Å². The predicted octanol–water partition coefficient (Wildman–Crippen LogP) is 2.18. The lowest BCUT2D eigenvalue weighted by atomic mass is 10.3. The Kier molecular flexibility index (Phi) is 3.59. The zero-order valence-electron chi connectivity index (χ0n) is 8.25. The van der Waals surface area contributed by atoms with Crippen LogP contribution >= 0.6 is 15.9 Å². The van der Waals surface area contributed by atoms with Crippen molar-refractivity contribution in [3.63, 3.8) is 0 Å². The number of nitrogens with one attached hydrogen (secondary N) is 1. The van der Waals surface area contributed by atoms with Crippen LogP contribution in [0.15, 0.2) is 16.9 Å². The van der Waals surface area contributed by atoms with Gasteiger partial charge >= 0.3 is 0 Å². The third kappa shape index (κ3) is 3.42. The Hall–Kier alpha value is -0.350. The van der Waals surface area contributed by atoms with Crippen molar-refractivity contribution in [1.82, 2.24) is 15.1 Å². The Bertz CT molecular complexity index is 281. The first-order valence-corrected chi connectivity index (χ1v) is 6.05. The molecule has 3 nitrogen and oxygen atoms in total. The van der Waals surface area contributed by atoms with Gasteiger partial charge in [0.25, 0.3) is 0 Å². The minimum atomic E-state index is 0.842. The average molecular weight is 258 g/mol. The van der Waals surface area contributed by atoms with E-state index in [9.17, 15) is 0 Å². The molecule has 1 fully saturated rings. The van der Waals surface area contributed by atoms with Gasteiger partial charge in [0.05, 0.1) is 10.7 Å². The van der Waals surface area contributed by atoms with Crippen molar-refractivity contribution in [3.8, 4) is 0 Å². The zero-order chi connectivity index (χ0) is 9.80. The fourth-order valence-corrected chi connectivity index (χ4v) is 1.78. The van der Waals surface area contributed by atoms with Crippen molar-refractivity contribution < 1.29 is 0 Å². The van der Waals surface area contributed by atoms with Crippen LogP contribution in [0.25, 0.3) is 0 Å². The Labute approximate surface area is 93.0 Å². The molecule has 1 aliphatic carbocycles. The summed E-state index contributed by atoms with van der Waals surface area (Å²) in [7, 11) is 0. The lowest BCUT2D eigenvalue weighted by Crippen LogP contribution is -2.17. The molecule has 0 saturated heterocycles. The number of rotatable bonds is 6. The number of aryl methyl sites for hydroxylation is 1. The van der Waals surface area contributed by atoms with Crippen LogP contribution in [0.1, 0.15) is 25.7 Å². The molecule has 0 amide bonds. The normalized spacial score (nSPS) is 16.1. The summed E-state index contributed by atoms with van der Waals surface area (Å²) in [6.45, 7) is 2.19. The van der Waals surface area contributed by atoms with E-state index >= 15 is 0 Å². The fourth-order valence-electron chi connectivity index (χ4n) is 1.45. The Morgan fingerprint density at radius 3 is 3.00 bits per heavy atom. The Morgan fingerprint density at radius 1 is 1.50 bits per heavy atom. The molecule has 0 atom stereocenters. The molecule has 14 heavy (non-hydrogen) atoms. The molecule has 0 aliphatic heterocycles. The molecule has 0 bridgehead atoms. The zero-order valence-corrected chi connectivity index (χ0v) is 9.83. The van der Waals surface area contributed by atoms with E-state index < -0.39 is 0 Å². The topological polar surface area (TPSA) is 29.9 Å². The molecular formula is C10H16BrN3. The number of nitrogens with zero attached hydrogens (tertiary/aromatic N) is 2. The van der Waals surface area contributed by atoms with Crippen LogP contribution in [-0.2, 0) is 6.54 Å². The number of aromatic nitrogens is 2. The monoisotopic (exact) mass is 257 g/mol. The van der Waals surface area contributed by atoms with Gasteiger partial charge in [-0.15, -0.1) is 0 Å². The van der Waals surface area contributed by atoms with E-state index in [1.807, 2.05) is 17.1 Å². The van der Waals surface area contributed by atoms with Crippen LogP contribution in [0, 0.1) is 0 Å². The minimum Gasteiger partial charge on any atom is -0.314 e. The molecule has 4 heteroatoms. The van der Waals surface area contributed by atoms with E-state index in [1.54, 1.807) is 0 Å². The Morgan fingerprint density at radius 2 is 2.36 bits per heavy atom. The summed E-state index contributed by atoms with van der Waals surface area (Å²) < 4.78 is 3.05. The predicted molar refractivity (Wildman–Crippen MR) is 60.2 cm³/mol. The lowest BCUT2D eigenvalue weighted by molar-refractivity contribution is 0.534. The lowest BCUT2D eigenvalue weighted by Gasteiger charge is -2.02. The third-order valence-electron chi connectivity index (χ3n) is 2.43. The summed E-state index contributed by atoms with van der Waals surface area (Å²) >= 11 is 3.39. The standard InChI is InChI=1S/C10H16BrN3/c11-9-7-13-14(8-9)6-2-1-5-12-10-3-4-10/h7-8,10,12H,1-6H2. The van der Waals surface area contributed by atoms with E-state index in [4.69, 9.17) is 0 Å². The summed E-state index contributed by atoms with van der Waals surface area (Å²) in [6, 6.07) is 0.842. The molecule has 78 valence electrons. The number of hydrogen-bond donors (Lipinski definition) is 1. The summed E-state index contributed by atoms with van der Waals surface area (Å²) in [5, 5.41) is 7.72. The van der Waals surface area contributed by atoms with Crippen LogP contribution in [-0.4, -0.2) is 22.4 Å². The largest absolute Gasteiger partial charge is 0.314 e. The van der Waals surface area contributed by atoms with Gasteiger partial charge in [-0.1, -0.05) is 0 Å². The number of halogens is 1. The van der Waals surface area contributed by atoms with E-state index in [2.05, 4.69) is 26.3 Å². The smallest absolute Gasteiger partial charge is 0.0632 e. The molecule has 0 radical (unpaired) electrons. The van der Waals surface area contributed by atoms with Crippen molar-refractivity contribution >= 4 is 15.9 Å². The highest BCUT2D eigenvalue weighted by atomic mass is 79.9. The minimum absolute atomic E-state index is 0.842. The summed E-state index contributed by atoms with van der Waals surface area (Å²) in [5.74, 6) is 0. The summed E-state index contributed by atoms with van der Waals surface area (Å²) in [6.07, 6.45) is 9.07. The van der Waals surface area contributed by atoms with Gasteiger partial charge in [0, 0.05) is 18.8 Å². The molecule has 1 saturated carbocycles. The summed E-state index contributed by atoms with van der Waals surface area (Å²) in [4.78, 5) is 0. The maximum absolute atomic E-state index is 4.21. The first-order chi connectivity index (χ1) is 6.84. The maximum atomic E-state index is 4.21. The first-order valence-electron chi connectivity index (χ1n) is 5.26. The van der Waals surface area contributed by atoms with Crippen molar-refractivity contribution in [3.05, 3.63) is 16.9 Å². The highest BCUT2D eigenvalue weighted by Gasteiger charge is 2.19. The second-order valence-corrected chi connectivity index (χ2v) is 4.77. The molecule has 1 aliphatic rings. The molecule has 1 aromatic rings. The van der Waals surface area contributed by atoms with Crippen LogP contribution in [0.2, 0.25) is 0 Å². The highest BCUT2D eigenvalue weighted by molar-refractivity contribution is 9.10. The van der Waals surface area contributed by atoms with E-state index in [0.717, 1.165) is 23.6 Å². The molecule has 0 unspecified atom stereocenters. The number of unbranched alkanes of at least 4 members (excludes halogenated alkanes) is 1. The van der Waals surface area contributed by atoms with E-state index in [-0.39, 0.29) is 0 Å². The summed E-state index contributed by atoms with van der Waals surface area (Å²) in [5.41, 5.74) is 0. The van der Waals surface area contributed by atoms with Crippen molar-refractivity contribution in [1.29, 1.82) is 0 Å².